The summed E-state index contributed by atoms with van der Waals surface area (Å²) >= 11 is 9.59. The second kappa shape index (κ2) is 7.93. The molecule has 3 nitrogen and oxygen atoms in total. The van der Waals surface area contributed by atoms with E-state index in [1.54, 1.807) is 6.07 Å². The largest absolute Gasteiger partial charge is 0.378 e. The third-order valence-corrected chi connectivity index (χ3v) is 8.92. The minimum absolute atomic E-state index is 0.101. The molecule has 32 heavy (non-hydrogen) atoms. The average molecular weight is 508 g/mol. The van der Waals surface area contributed by atoms with Gasteiger partial charge in [-0.1, -0.05) is 41.9 Å². The highest BCUT2D eigenvalue weighted by Gasteiger charge is 2.53. The van der Waals surface area contributed by atoms with Crippen molar-refractivity contribution in [1.29, 1.82) is 0 Å². The van der Waals surface area contributed by atoms with E-state index >= 15 is 0 Å². The molecule has 1 aliphatic heterocycles. The van der Waals surface area contributed by atoms with Gasteiger partial charge in [0, 0.05) is 21.4 Å². The van der Waals surface area contributed by atoms with Crippen molar-refractivity contribution >= 4 is 44.8 Å². The Balaban J connectivity index is 1.34. The van der Waals surface area contributed by atoms with Gasteiger partial charge in [0.25, 0.3) is 5.91 Å². The van der Waals surface area contributed by atoms with Gasteiger partial charge in [-0.2, -0.15) is 0 Å². The van der Waals surface area contributed by atoms with Crippen molar-refractivity contribution in [1.82, 2.24) is 0 Å². The number of halogens is 2. The summed E-state index contributed by atoms with van der Waals surface area (Å²) in [5, 5.41) is 7.42. The fourth-order valence-electron chi connectivity index (χ4n) is 6.39. The first-order valence-corrected chi connectivity index (χ1v) is 12.5. The van der Waals surface area contributed by atoms with Gasteiger partial charge in [-0.05, 0) is 106 Å². The Morgan fingerprint density at radius 2 is 1.81 bits per heavy atom. The zero-order valence-electron chi connectivity index (χ0n) is 17.5. The fraction of sp³-hybridized carbons (Fsp3) is 0.296. The number of anilines is 2. The predicted molar refractivity (Wildman–Crippen MR) is 133 cm³/mol. The van der Waals surface area contributed by atoms with Crippen LogP contribution in [0.1, 0.15) is 52.7 Å². The summed E-state index contributed by atoms with van der Waals surface area (Å²) < 4.78 is 0.812. The highest BCUT2D eigenvalue weighted by molar-refractivity contribution is 9.10. The fourth-order valence-corrected chi connectivity index (χ4v) is 6.82. The number of hydrogen-bond donors (Lipinski definition) is 2. The maximum absolute atomic E-state index is 13.0. The van der Waals surface area contributed by atoms with Crippen LogP contribution in [0.2, 0.25) is 5.02 Å². The van der Waals surface area contributed by atoms with Crippen molar-refractivity contribution in [2.45, 2.75) is 31.2 Å². The first kappa shape index (κ1) is 20.3. The van der Waals surface area contributed by atoms with Crippen LogP contribution in [0.3, 0.4) is 0 Å². The summed E-state index contributed by atoms with van der Waals surface area (Å²) in [4.78, 5) is 13.0. The first-order chi connectivity index (χ1) is 15.6. The molecule has 162 valence electrons. The molecule has 0 unspecified atom stereocenters. The SMILES string of the molecule is O=C(Nc1ccc(Br)c(Cl)c1)c1ccc2c(c1)[C@@H]1[C@H]3CC[C@@H](C3)[C@@H]1[C@H](c1ccccc1)N2. The van der Waals surface area contributed by atoms with Crippen LogP contribution in [0.25, 0.3) is 0 Å². The van der Waals surface area contributed by atoms with Gasteiger partial charge in [0.2, 0.25) is 0 Å². The Kier molecular flexibility index (Phi) is 5.03. The lowest BCUT2D eigenvalue weighted by Crippen LogP contribution is -2.35. The van der Waals surface area contributed by atoms with E-state index in [1.165, 1.54) is 36.1 Å². The Morgan fingerprint density at radius 3 is 2.62 bits per heavy atom. The number of carbonyl (C=O) groups is 1. The lowest BCUT2D eigenvalue weighted by molar-refractivity contribution is 0.102. The molecule has 6 rings (SSSR count). The second-order valence-electron chi connectivity index (χ2n) is 9.35. The van der Waals surface area contributed by atoms with Gasteiger partial charge in [-0.3, -0.25) is 4.79 Å². The molecule has 2 aliphatic carbocycles. The van der Waals surface area contributed by atoms with Gasteiger partial charge in [0.1, 0.15) is 0 Å². The van der Waals surface area contributed by atoms with E-state index < -0.39 is 0 Å². The molecule has 1 amide bonds. The van der Waals surface area contributed by atoms with Crippen LogP contribution >= 0.6 is 27.5 Å². The third-order valence-electron chi connectivity index (χ3n) is 7.69. The highest BCUT2D eigenvalue weighted by Crippen LogP contribution is 2.63. The van der Waals surface area contributed by atoms with Crippen molar-refractivity contribution in [3.8, 4) is 0 Å². The molecule has 2 bridgehead atoms. The van der Waals surface area contributed by atoms with Crippen molar-refractivity contribution in [3.63, 3.8) is 0 Å². The van der Waals surface area contributed by atoms with E-state index in [2.05, 4.69) is 69.0 Å². The van der Waals surface area contributed by atoms with Gasteiger partial charge in [-0.25, -0.2) is 0 Å². The lowest BCUT2D eigenvalue weighted by Gasteiger charge is -2.43. The maximum Gasteiger partial charge on any atom is 0.255 e. The van der Waals surface area contributed by atoms with Crippen LogP contribution in [0, 0.1) is 17.8 Å². The Hall–Kier alpha value is -2.30. The summed E-state index contributed by atoms with van der Waals surface area (Å²) in [6.07, 6.45) is 3.95. The van der Waals surface area contributed by atoms with E-state index in [-0.39, 0.29) is 5.91 Å². The topological polar surface area (TPSA) is 41.1 Å². The monoisotopic (exact) mass is 506 g/mol. The number of hydrogen-bond acceptors (Lipinski definition) is 2. The van der Waals surface area contributed by atoms with Crippen molar-refractivity contribution in [2.24, 2.45) is 17.8 Å². The second-order valence-corrected chi connectivity index (χ2v) is 10.6. The number of nitrogens with one attached hydrogen (secondary N) is 2. The summed E-state index contributed by atoms with van der Waals surface area (Å²) in [6.45, 7) is 0. The molecule has 1 heterocycles. The standard InChI is InChI=1S/C27H24BrClN2O/c28-21-10-9-19(14-22(21)29)30-27(32)18-8-11-23-20(13-18)24-16-6-7-17(12-16)25(24)26(31-23)15-4-2-1-3-5-15/h1-5,8-11,13-14,16-17,24-26,31H,6-7,12H2,(H,30,32)/t16-,17-,24-,25-,26-/m0/s1. The normalized spacial score (nSPS) is 27.4. The molecule has 0 saturated heterocycles. The zero-order valence-corrected chi connectivity index (χ0v) is 19.9. The van der Waals surface area contributed by atoms with E-state index in [4.69, 9.17) is 11.6 Å². The summed E-state index contributed by atoms with van der Waals surface area (Å²) in [5.74, 6) is 2.49. The van der Waals surface area contributed by atoms with E-state index in [0.717, 1.165) is 16.3 Å². The molecule has 3 aromatic carbocycles. The Labute approximate surface area is 201 Å². The lowest BCUT2D eigenvalue weighted by atomic mass is 9.68. The van der Waals surface area contributed by atoms with Gasteiger partial charge in [0.05, 0.1) is 11.1 Å². The van der Waals surface area contributed by atoms with E-state index in [9.17, 15) is 4.79 Å². The van der Waals surface area contributed by atoms with Crippen molar-refractivity contribution in [2.75, 3.05) is 10.6 Å². The first-order valence-electron chi connectivity index (χ1n) is 11.3. The van der Waals surface area contributed by atoms with Crippen LogP contribution in [0.15, 0.2) is 71.2 Å². The molecule has 5 heteroatoms. The Morgan fingerprint density at radius 1 is 1.00 bits per heavy atom. The summed E-state index contributed by atoms with van der Waals surface area (Å²) in [5.41, 5.74) is 5.26. The molecule has 2 saturated carbocycles. The molecular weight excluding hydrogens is 484 g/mol. The summed E-state index contributed by atoms with van der Waals surface area (Å²) in [7, 11) is 0. The molecule has 0 spiro atoms. The van der Waals surface area contributed by atoms with Crippen molar-refractivity contribution in [3.05, 3.63) is 92.9 Å². The van der Waals surface area contributed by atoms with E-state index in [1.807, 2.05) is 18.2 Å². The average Bonchev–Trinajstić information content (AvgIpc) is 3.44. The zero-order chi connectivity index (χ0) is 21.8. The minimum Gasteiger partial charge on any atom is -0.378 e. The van der Waals surface area contributed by atoms with E-state index in [0.29, 0.717) is 34.2 Å². The van der Waals surface area contributed by atoms with Gasteiger partial charge in [-0.15, -0.1) is 0 Å². The smallest absolute Gasteiger partial charge is 0.255 e. The van der Waals surface area contributed by atoms with Crippen LogP contribution in [0.4, 0.5) is 11.4 Å². The molecule has 0 radical (unpaired) electrons. The van der Waals surface area contributed by atoms with Gasteiger partial charge < -0.3 is 10.6 Å². The molecule has 0 aromatic heterocycles. The number of benzene rings is 3. The summed E-state index contributed by atoms with van der Waals surface area (Å²) in [6, 6.07) is 22.8. The number of fused-ring (bicyclic) bond motifs is 7. The van der Waals surface area contributed by atoms with Crippen LogP contribution < -0.4 is 10.6 Å². The van der Waals surface area contributed by atoms with Crippen LogP contribution in [-0.2, 0) is 0 Å². The Bertz CT molecular complexity index is 1200. The van der Waals surface area contributed by atoms with Crippen LogP contribution in [0.5, 0.6) is 0 Å². The van der Waals surface area contributed by atoms with Gasteiger partial charge >= 0.3 is 0 Å². The minimum atomic E-state index is -0.101. The molecule has 5 atom stereocenters. The molecule has 2 N–H and O–H groups in total. The maximum atomic E-state index is 13.0. The van der Waals surface area contributed by atoms with Crippen LogP contribution in [-0.4, -0.2) is 5.91 Å². The molecule has 3 aliphatic rings. The number of carbonyl (C=O) groups excluding carboxylic acids is 1. The quantitative estimate of drug-likeness (QED) is 0.382. The highest BCUT2D eigenvalue weighted by atomic mass is 79.9. The predicted octanol–water partition coefficient (Wildman–Crippen LogP) is 7.65. The number of amides is 1. The number of rotatable bonds is 3. The molecule has 2 fully saturated rings. The van der Waals surface area contributed by atoms with Crippen molar-refractivity contribution < 1.29 is 4.79 Å². The molecule has 3 aromatic rings. The molecular formula is C27H24BrClN2O. The third kappa shape index (κ3) is 3.36. The van der Waals surface area contributed by atoms with Gasteiger partial charge in [0.15, 0.2) is 0 Å².